The third-order valence-corrected chi connectivity index (χ3v) is 2.79. The number of hydrogen-bond acceptors (Lipinski definition) is 4. The van der Waals surface area contributed by atoms with Crippen molar-refractivity contribution in [3.63, 3.8) is 0 Å². The van der Waals surface area contributed by atoms with Crippen molar-refractivity contribution in [1.29, 1.82) is 0 Å². The highest BCUT2D eigenvalue weighted by molar-refractivity contribution is 6.05. The summed E-state index contributed by atoms with van der Waals surface area (Å²) in [5.41, 5.74) is 7.35. The van der Waals surface area contributed by atoms with Gasteiger partial charge in [0, 0.05) is 36.5 Å². The molecular formula is C15H16N4O2. The van der Waals surface area contributed by atoms with Gasteiger partial charge in [0.1, 0.15) is 5.82 Å². The van der Waals surface area contributed by atoms with Crippen LogP contribution in [0.4, 0.5) is 11.5 Å². The van der Waals surface area contributed by atoms with E-state index in [4.69, 9.17) is 5.73 Å². The monoisotopic (exact) mass is 284 g/mol. The average Bonchev–Trinajstić information content (AvgIpc) is 2.47. The highest BCUT2D eigenvalue weighted by Crippen LogP contribution is 2.15. The van der Waals surface area contributed by atoms with E-state index in [1.165, 1.54) is 6.92 Å². The third kappa shape index (κ3) is 3.87. The van der Waals surface area contributed by atoms with Gasteiger partial charge in [-0.25, -0.2) is 4.98 Å². The Balaban J connectivity index is 2.18. The smallest absolute Gasteiger partial charge is 0.256 e. The Morgan fingerprint density at radius 2 is 2.00 bits per heavy atom. The maximum atomic E-state index is 12.2. The Hall–Kier alpha value is -2.73. The lowest BCUT2D eigenvalue weighted by molar-refractivity contribution is -0.114. The summed E-state index contributed by atoms with van der Waals surface area (Å²) in [5.74, 6) is -0.0618. The molecule has 108 valence electrons. The minimum absolute atomic E-state index is 0.192. The fourth-order valence-electron chi connectivity index (χ4n) is 1.84. The van der Waals surface area contributed by atoms with Gasteiger partial charge in [0.2, 0.25) is 5.91 Å². The molecule has 0 aliphatic rings. The van der Waals surface area contributed by atoms with Crippen LogP contribution in [0.5, 0.6) is 0 Å². The van der Waals surface area contributed by atoms with Crippen LogP contribution in [0.3, 0.4) is 0 Å². The molecule has 0 fully saturated rings. The van der Waals surface area contributed by atoms with Gasteiger partial charge in [-0.05, 0) is 24.3 Å². The Kier molecular flexibility index (Phi) is 4.63. The zero-order valence-electron chi connectivity index (χ0n) is 11.6. The lowest BCUT2D eigenvalue weighted by atomic mass is 10.1. The van der Waals surface area contributed by atoms with Crippen LogP contribution in [-0.2, 0) is 11.3 Å². The van der Waals surface area contributed by atoms with Crippen LogP contribution in [0, 0.1) is 0 Å². The molecule has 0 unspecified atom stereocenters. The summed E-state index contributed by atoms with van der Waals surface area (Å²) >= 11 is 0. The van der Waals surface area contributed by atoms with Crippen molar-refractivity contribution in [2.75, 3.05) is 10.6 Å². The van der Waals surface area contributed by atoms with Gasteiger partial charge in [-0.15, -0.1) is 0 Å². The summed E-state index contributed by atoms with van der Waals surface area (Å²) in [4.78, 5) is 27.4. The molecule has 0 aliphatic heterocycles. The summed E-state index contributed by atoms with van der Waals surface area (Å²) in [7, 11) is 0. The molecule has 4 N–H and O–H groups in total. The number of rotatable bonds is 4. The molecule has 0 saturated carbocycles. The minimum Gasteiger partial charge on any atom is -0.326 e. The van der Waals surface area contributed by atoms with Gasteiger partial charge in [-0.2, -0.15) is 0 Å². The SMILES string of the molecule is CC(=O)Nc1cccc(C(=O)Nc2ncccc2CN)c1. The number of benzene rings is 1. The van der Waals surface area contributed by atoms with Crippen molar-refractivity contribution in [1.82, 2.24) is 4.98 Å². The van der Waals surface area contributed by atoms with E-state index in [9.17, 15) is 9.59 Å². The number of nitrogens with one attached hydrogen (secondary N) is 2. The molecule has 1 aromatic carbocycles. The van der Waals surface area contributed by atoms with Gasteiger partial charge < -0.3 is 16.4 Å². The summed E-state index contributed by atoms with van der Waals surface area (Å²) < 4.78 is 0. The number of anilines is 2. The highest BCUT2D eigenvalue weighted by Gasteiger charge is 2.10. The highest BCUT2D eigenvalue weighted by atomic mass is 16.2. The quantitative estimate of drug-likeness (QED) is 0.796. The minimum atomic E-state index is -0.310. The number of hydrogen-bond donors (Lipinski definition) is 3. The van der Waals surface area contributed by atoms with E-state index in [-0.39, 0.29) is 18.4 Å². The molecule has 6 nitrogen and oxygen atoms in total. The summed E-state index contributed by atoms with van der Waals surface area (Å²) in [5, 5.41) is 5.35. The number of amides is 2. The molecule has 0 bridgehead atoms. The zero-order chi connectivity index (χ0) is 15.2. The molecule has 2 amide bonds. The van der Waals surface area contributed by atoms with Crippen molar-refractivity contribution in [3.05, 3.63) is 53.7 Å². The Labute approximate surface area is 122 Å². The van der Waals surface area contributed by atoms with E-state index in [0.29, 0.717) is 17.1 Å². The zero-order valence-corrected chi connectivity index (χ0v) is 11.6. The van der Waals surface area contributed by atoms with Crippen molar-refractivity contribution in [2.24, 2.45) is 5.73 Å². The van der Waals surface area contributed by atoms with Gasteiger partial charge in [0.25, 0.3) is 5.91 Å². The molecule has 2 aromatic rings. The Bertz CT molecular complexity index is 670. The average molecular weight is 284 g/mol. The standard InChI is InChI=1S/C15H16N4O2/c1-10(20)18-13-6-2-4-11(8-13)15(21)19-14-12(9-16)5-3-7-17-14/h2-8H,9,16H2,1H3,(H,18,20)(H,17,19,21). The molecule has 0 saturated heterocycles. The second-order valence-corrected chi connectivity index (χ2v) is 4.43. The van der Waals surface area contributed by atoms with Crippen LogP contribution in [0.1, 0.15) is 22.8 Å². The predicted molar refractivity (Wildman–Crippen MR) is 80.8 cm³/mol. The Morgan fingerprint density at radius 3 is 2.71 bits per heavy atom. The largest absolute Gasteiger partial charge is 0.326 e. The predicted octanol–water partition coefficient (Wildman–Crippen LogP) is 1.75. The Morgan fingerprint density at radius 1 is 1.19 bits per heavy atom. The number of carbonyl (C=O) groups is 2. The maximum absolute atomic E-state index is 12.2. The first-order valence-corrected chi connectivity index (χ1v) is 6.43. The van der Waals surface area contributed by atoms with E-state index >= 15 is 0 Å². The second-order valence-electron chi connectivity index (χ2n) is 4.43. The van der Waals surface area contributed by atoms with Gasteiger partial charge in [0.15, 0.2) is 0 Å². The second kappa shape index (κ2) is 6.62. The number of nitrogens with two attached hydrogens (primary N) is 1. The van der Waals surface area contributed by atoms with E-state index < -0.39 is 0 Å². The van der Waals surface area contributed by atoms with E-state index in [1.54, 1.807) is 42.6 Å². The number of carbonyl (C=O) groups excluding carboxylic acids is 2. The maximum Gasteiger partial charge on any atom is 0.256 e. The fourth-order valence-corrected chi connectivity index (χ4v) is 1.84. The molecule has 2 rings (SSSR count). The molecule has 0 spiro atoms. The molecule has 0 radical (unpaired) electrons. The van der Waals surface area contributed by atoms with Crippen LogP contribution in [0.25, 0.3) is 0 Å². The van der Waals surface area contributed by atoms with Crippen LogP contribution >= 0.6 is 0 Å². The van der Waals surface area contributed by atoms with Crippen LogP contribution < -0.4 is 16.4 Å². The van der Waals surface area contributed by atoms with Crippen molar-refractivity contribution >= 4 is 23.3 Å². The van der Waals surface area contributed by atoms with Crippen LogP contribution in [-0.4, -0.2) is 16.8 Å². The molecular weight excluding hydrogens is 268 g/mol. The topological polar surface area (TPSA) is 97.1 Å². The van der Waals surface area contributed by atoms with Crippen molar-refractivity contribution in [2.45, 2.75) is 13.5 Å². The van der Waals surface area contributed by atoms with Gasteiger partial charge in [-0.1, -0.05) is 12.1 Å². The molecule has 0 aliphatic carbocycles. The summed E-state index contributed by atoms with van der Waals surface area (Å²) in [6.45, 7) is 1.70. The lowest BCUT2D eigenvalue weighted by Crippen LogP contribution is -2.16. The van der Waals surface area contributed by atoms with Crippen LogP contribution in [0.2, 0.25) is 0 Å². The van der Waals surface area contributed by atoms with E-state index in [1.807, 2.05) is 0 Å². The molecule has 0 atom stereocenters. The van der Waals surface area contributed by atoms with Crippen LogP contribution in [0.15, 0.2) is 42.6 Å². The molecule has 1 aromatic heterocycles. The van der Waals surface area contributed by atoms with E-state index in [2.05, 4.69) is 15.6 Å². The molecule has 6 heteroatoms. The summed E-state index contributed by atoms with van der Waals surface area (Å²) in [6, 6.07) is 10.2. The van der Waals surface area contributed by atoms with Crippen molar-refractivity contribution in [3.8, 4) is 0 Å². The normalized spacial score (nSPS) is 10.0. The number of nitrogens with zero attached hydrogens (tertiary/aromatic N) is 1. The van der Waals surface area contributed by atoms with Crippen molar-refractivity contribution < 1.29 is 9.59 Å². The summed E-state index contributed by atoms with van der Waals surface area (Å²) in [6.07, 6.45) is 1.59. The molecule has 1 heterocycles. The number of pyridine rings is 1. The van der Waals surface area contributed by atoms with Gasteiger partial charge >= 0.3 is 0 Å². The van der Waals surface area contributed by atoms with Gasteiger partial charge in [0.05, 0.1) is 0 Å². The van der Waals surface area contributed by atoms with E-state index in [0.717, 1.165) is 5.56 Å². The molecule has 21 heavy (non-hydrogen) atoms. The number of aromatic nitrogens is 1. The van der Waals surface area contributed by atoms with Gasteiger partial charge in [-0.3, -0.25) is 9.59 Å². The lowest BCUT2D eigenvalue weighted by Gasteiger charge is -2.09. The first-order chi connectivity index (χ1) is 10.1. The fraction of sp³-hybridized carbons (Fsp3) is 0.133. The first kappa shape index (κ1) is 14.7. The first-order valence-electron chi connectivity index (χ1n) is 6.43. The third-order valence-electron chi connectivity index (χ3n) is 2.79.